The smallest absolute Gasteiger partial charge is 0.0548 e. The molecule has 2 nitrogen and oxygen atoms in total. The van der Waals surface area contributed by atoms with Gasteiger partial charge in [-0.1, -0.05) is 168 Å². The fraction of sp³-hybridized carbons (Fsp3) is 0.0714. The van der Waals surface area contributed by atoms with Crippen LogP contribution in [0.4, 0.5) is 34.1 Å². The quantitative estimate of drug-likeness (QED) is 0.129. The van der Waals surface area contributed by atoms with Crippen LogP contribution in [-0.2, 0) is 0 Å². The van der Waals surface area contributed by atoms with Gasteiger partial charge in [0.25, 0.3) is 0 Å². The van der Waals surface area contributed by atoms with E-state index < -0.39 is 0 Å². The highest BCUT2D eigenvalue weighted by Crippen LogP contribution is 2.59. The van der Waals surface area contributed by atoms with Crippen LogP contribution < -0.4 is 9.80 Å². The van der Waals surface area contributed by atoms with Gasteiger partial charge in [-0.05, 0) is 122 Å². The molecule has 0 aliphatic heterocycles. The van der Waals surface area contributed by atoms with Crippen molar-refractivity contribution in [3.05, 3.63) is 226 Å². The lowest BCUT2D eigenvalue weighted by molar-refractivity contribution is 1.24. The van der Waals surface area contributed by atoms with E-state index in [-0.39, 0.29) is 0 Å². The molecular weight excluding hydrogens is 701 g/mol. The second kappa shape index (κ2) is 15.8. The molecular formula is C56H46N2. The van der Waals surface area contributed by atoms with Crippen LogP contribution in [0.1, 0.15) is 44.5 Å². The van der Waals surface area contributed by atoms with Gasteiger partial charge >= 0.3 is 0 Å². The fourth-order valence-corrected chi connectivity index (χ4v) is 7.81. The number of hydrogen-bond donors (Lipinski definition) is 0. The van der Waals surface area contributed by atoms with Crippen LogP contribution in [0.15, 0.2) is 182 Å². The molecule has 9 rings (SSSR count). The van der Waals surface area contributed by atoms with E-state index in [0.717, 1.165) is 45.3 Å². The molecule has 0 aromatic heterocycles. The van der Waals surface area contributed by atoms with Gasteiger partial charge in [0.2, 0.25) is 0 Å². The van der Waals surface area contributed by atoms with Crippen LogP contribution in [0, 0.1) is 27.7 Å². The third kappa shape index (κ3) is 7.41. The van der Waals surface area contributed by atoms with E-state index >= 15 is 0 Å². The van der Waals surface area contributed by atoms with Gasteiger partial charge in [-0.25, -0.2) is 0 Å². The Kier molecular flexibility index (Phi) is 9.91. The van der Waals surface area contributed by atoms with Gasteiger partial charge in [0.05, 0.1) is 11.4 Å². The van der Waals surface area contributed by atoms with Gasteiger partial charge in [-0.3, -0.25) is 0 Å². The van der Waals surface area contributed by atoms with E-state index in [1.807, 2.05) is 0 Å². The molecule has 8 aromatic rings. The zero-order chi connectivity index (χ0) is 39.6. The first kappa shape index (κ1) is 36.5. The maximum Gasteiger partial charge on any atom is 0.0548 e. The number of benzene rings is 8. The predicted molar refractivity (Wildman–Crippen MR) is 250 cm³/mol. The van der Waals surface area contributed by atoms with Crippen molar-refractivity contribution in [3.8, 4) is 22.3 Å². The lowest BCUT2D eigenvalue weighted by Crippen LogP contribution is -2.18. The van der Waals surface area contributed by atoms with E-state index in [1.54, 1.807) is 0 Å². The minimum absolute atomic E-state index is 1.11. The molecule has 1 aliphatic rings. The first-order valence-corrected chi connectivity index (χ1v) is 20.1. The Bertz CT molecular complexity index is 2560. The summed E-state index contributed by atoms with van der Waals surface area (Å²) in [7, 11) is 0. The average molecular weight is 747 g/mol. The summed E-state index contributed by atoms with van der Waals surface area (Å²) in [5, 5.41) is 0. The Morgan fingerprint density at radius 1 is 0.276 bits per heavy atom. The lowest BCUT2D eigenvalue weighted by Gasteiger charge is -2.38. The van der Waals surface area contributed by atoms with Crippen LogP contribution in [-0.4, -0.2) is 0 Å². The number of aryl methyl sites for hydroxylation is 4. The Morgan fingerprint density at radius 2 is 0.517 bits per heavy atom. The first-order chi connectivity index (χ1) is 28.4. The van der Waals surface area contributed by atoms with Crippen molar-refractivity contribution in [1.82, 2.24) is 0 Å². The molecule has 0 N–H and O–H groups in total. The molecule has 280 valence electrons. The second-order valence-electron chi connectivity index (χ2n) is 15.4. The zero-order valence-electron chi connectivity index (χ0n) is 33.5. The van der Waals surface area contributed by atoms with Gasteiger partial charge in [0.1, 0.15) is 0 Å². The zero-order valence-corrected chi connectivity index (χ0v) is 33.5. The molecule has 0 unspecified atom stereocenters. The highest BCUT2D eigenvalue weighted by molar-refractivity contribution is 6.15. The minimum atomic E-state index is 1.11. The molecule has 0 heterocycles. The summed E-state index contributed by atoms with van der Waals surface area (Å²) in [6.07, 6.45) is 8.74. The first-order valence-electron chi connectivity index (χ1n) is 20.1. The van der Waals surface area contributed by atoms with Gasteiger partial charge in [-0.2, -0.15) is 0 Å². The molecule has 0 saturated carbocycles. The highest BCUT2D eigenvalue weighted by Gasteiger charge is 2.33. The molecule has 0 radical (unpaired) electrons. The van der Waals surface area contributed by atoms with E-state index in [1.165, 1.54) is 55.6 Å². The average Bonchev–Trinajstić information content (AvgIpc) is 3.25. The third-order valence-corrected chi connectivity index (χ3v) is 11.1. The number of nitrogens with zero attached hydrogens (tertiary/aromatic N) is 2. The molecule has 0 saturated heterocycles. The Balaban J connectivity index is 1.14. The maximum atomic E-state index is 2.41. The molecule has 0 bridgehead atoms. The normalized spacial score (nSPS) is 11.7. The van der Waals surface area contributed by atoms with Crippen LogP contribution in [0.2, 0.25) is 0 Å². The molecule has 2 heteroatoms. The predicted octanol–water partition coefficient (Wildman–Crippen LogP) is 15.8. The monoisotopic (exact) mass is 746 g/mol. The van der Waals surface area contributed by atoms with E-state index in [0.29, 0.717) is 0 Å². The summed E-state index contributed by atoms with van der Waals surface area (Å²) < 4.78 is 0. The standard InChI is InChI=1S/C56H46N2/c1-39-9-17-43(18-10-39)21-23-45-25-33-49(34-26-45)57(47-29-13-41(3)14-30-47)53-37-38-54(56-52-8-6-5-7-51(52)55(53)56)58(48-31-15-42(4)16-32-48)50-35-27-46(28-36-50)24-22-44-19-11-40(2)12-20-44/h5-38H,1-4H3. The number of hydrogen-bond acceptors (Lipinski definition) is 2. The summed E-state index contributed by atoms with van der Waals surface area (Å²) >= 11 is 0. The van der Waals surface area contributed by atoms with Crippen molar-refractivity contribution < 1.29 is 0 Å². The lowest BCUT2D eigenvalue weighted by atomic mass is 9.77. The Hall–Kier alpha value is -7.16. The molecule has 0 amide bonds. The third-order valence-electron chi connectivity index (χ3n) is 11.1. The summed E-state index contributed by atoms with van der Waals surface area (Å²) in [6.45, 7) is 8.54. The molecule has 0 atom stereocenters. The molecule has 1 aliphatic carbocycles. The van der Waals surface area contributed by atoms with Crippen molar-refractivity contribution in [2.45, 2.75) is 27.7 Å². The largest absolute Gasteiger partial charge is 0.310 e. The van der Waals surface area contributed by atoms with E-state index in [2.05, 4.69) is 244 Å². The van der Waals surface area contributed by atoms with Crippen LogP contribution in [0.3, 0.4) is 0 Å². The summed E-state index contributed by atoms with van der Waals surface area (Å²) in [5.41, 5.74) is 21.5. The van der Waals surface area contributed by atoms with Gasteiger partial charge in [0, 0.05) is 33.9 Å². The molecule has 8 aromatic carbocycles. The van der Waals surface area contributed by atoms with Gasteiger partial charge in [-0.15, -0.1) is 0 Å². The Morgan fingerprint density at radius 3 is 0.810 bits per heavy atom. The van der Waals surface area contributed by atoms with Crippen molar-refractivity contribution >= 4 is 58.4 Å². The van der Waals surface area contributed by atoms with Crippen LogP contribution >= 0.6 is 0 Å². The second-order valence-corrected chi connectivity index (χ2v) is 15.4. The van der Waals surface area contributed by atoms with Crippen molar-refractivity contribution in [3.63, 3.8) is 0 Å². The summed E-state index contributed by atoms with van der Waals surface area (Å²) in [6, 6.07) is 66.4. The Labute approximate surface area is 343 Å². The van der Waals surface area contributed by atoms with E-state index in [9.17, 15) is 0 Å². The number of rotatable bonds is 10. The topological polar surface area (TPSA) is 6.48 Å². The number of fused-ring (bicyclic) bond motifs is 4. The fourth-order valence-electron chi connectivity index (χ4n) is 7.81. The maximum absolute atomic E-state index is 2.41. The molecule has 0 fully saturated rings. The van der Waals surface area contributed by atoms with Crippen LogP contribution in [0.25, 0.3) is 46.6 Å². The van der Waals surface area contributed by atoms with Crippen molar-refractivity contribution in [1.29, 1.82) is 0 Å². The highest BCUT2D eigenvalue weighted by atomic mass is 15.2. The summed E-state index contributed by atoms with van der Waals surface area (Å²) in [5.74, 6) is 0. The van der Waals surface area contributed by atoms with E-state index in [4.69, 9.17) is 0 Å². The van der Waals surface area contributed by atoms with Gasteiger partial charge < -0.3 is 9.80 Å². The molecule has 0 spiro atoms. The van der Waals surface area contributed by atoms with Gasteiger partial charge in [0.15, 0.2) is 0 Å². The summed E-state index contributed by atoms with van der Waals surface area (Å²) in [4.78, 5) is 4.83. The molecule has 58 heavy (non-hydrogen) atoms. The van der Waals surface area contributed by atoms with Crippen molar-refractivity contribution in [2.75, 3.05) is 9.80 Å². The SMILES string of the molecule is Cc1ccc(C=Cc2ccc(N(c3ccc(C)cc3)c3ccc(N(c4ccc(C)cc4)c4ccc(C=Cc5ccc(C)cc5)cc4)c4c3-c3ccccc3-4)cc2)cc1. The minimum Gasteiger partial charge on any atom is -0.310 e. The van der Waals surface area contributed by atoms with Crippen molar-refractivity contribution in [2.24, 2.45) is 0 Å². The van der Waals surface area contributed by atoms with Crippen LogP contribution in [0.5, 0.6) is 0 Å². The number of anilines is 6.